The van der Waals surface area contributed by atoms with Crippen LogP contribution in [0.3, 0.4) is 0 Å². The number of furan rings is 1. The minimum atomic E-state index is -0.287. The van der Waals surface area contributed by atoms with Gasteiger partial charge in [-0.25, -0.2) is 0 Å². The summed E-state index contributed by atoms with van der Waals surface area (Å²) >= 11 is 0. The molecule has 0 aliphatic heterocycles. The monoisotopic (exact) mass is 379 g/mol. The van der Waals surface area contributed by atoms with E-state index >= 15 is 0 Å². The summed E-state index contributed by atoms with van der Waals surface area (Å²) in [4.78, 5) is 16.7. The van der Waals surface area contributed by atoms with Crippen molar-refractivity contribution in [1.29, 1.82) is 0 Å². The van der Waals surface area contributed by atoms with Gasteiger partial charge in [-0.15, -0.1) is 0 Å². The molecule has 2 aromatic heterocycles. The number of likely N-dealkylation sites (N-methyl/N-ethyl adjacent to an activating group) is 1. The topological polar surface area (TPSA) is 112 Å². The number of oxime groups is 1. The summed E-state index contributed by atoms with van der Waals surface area (Å²) in [6.07, 6.45) is 4.79. The quantitative estimate of drug-likeness (QED) is 0.298. The van der Waals surface area contributed by atoms with E-state index in [1.807, 2.05) is 31.3 Å². The van der Waals surface area contributed by atoms with Gasteiger partial charge in [-0.2, -0.15) is 0 Å². The van der Waals surface area contributed by atoms with Crippen molar-refractivity contribution in [1.82, 2.24) is 15.6 Å². The minimum absolute atomic E-state index is 0.220. The summed E-state index contributed by atoms with van der Waals surface area (Å²) in [5.41, 5.74) is 4.74. The number of nitrogens with zero attached hydrogens (tertiary/aromatic N) is 2. The van der Waals surface area contributed by atoms with Gasteiger partial charge in [-0.1, -0.05) is 11.2 Å². The molecule has 3 aromatic rings. The number of nitrogens with one attached hydrogen (secondary N) is 3. The van der Waals surface area contributed by atoms with E-state index in [0.29, 0.717) is 36.5 Å². The maximum absolute atomic E-state index is 12.6. The van der Waals surface area contributed by atoms with Gasteiger partial charge in [0.05, 0.1) is 17.6 Å². The molecule has 28 heavy (non-hydrogen) atoms. The Bertz CT molecular complexity index is 1060. The molecule has 0 spiro atoms. The smallest absolute Gasteiger partial charge is 0.289 e. The Hall–Kier alpha value is -3.39. The fourth-order valence-corrected chi connectivity index (χ4v) is 3.41. The number of pyridine rings is 1. The number of hydrogen-bond donors (Lipinski definition) is 4. The highest BCUT2D eigenvalue weighted by Crippen LogP contribution is 2.34. The molecular weight excluding hydrogens is 358 g/mol. The van der Waals surface area contributed by atoms with E-state index in [9.17, 15) is 4.79 Å². The van der Waals surface area contributed by atoms with E-state index in [4.69, 9.17) is 9.62 Å². The summed E-state index contributed by atoms with van der Waals surface area (Å²) in [6.45, 7) is 1.15. The Morgan fingerprint density at radius 3 is 3.00 bits per heavy atom. The lowest BCUT2D eigenvalue weighted by Crippen LogP contribution is -2.30. The van der Waals surface area contributed by atoms with Crippen molar-refractivity contribution < 1.29 is 14.4 Å². The third kappa shape index (κ3) is 3.29. The minimum Gasteiger partial charge on any atom is -0.447 e. The van der Waals surface area contributed by atoms with Crippen LogP contribution < -0.4 is 16.0 Å². The predicted molar refractivity (Wildman–Crippen MR) is 107 cm³/mol. The van der Waals surface area contributed by atoms with E-state index in [2.05, 4.69) is 26.1 Å². The lowest BCUT2D eigenvalue weighted by Gasteiger charge is -2.10. The van der Waals surface area contributed by atoms with Gasteiger partial charge in [0.15, 0.2) is 5.58 Å². The second-order valence-corrected chi connectivity index (χ2v) is 6.58. The molecule has 4 N–H and O–H groups in total. The molecule has 0 bridgehead atoms. The van der Waals surface area contributed by atoms with E-state index in [1.54, 1.807) is 12.4 Å². The number of aromatic nitrogens is 1. The number of amides is 1. The Morgan fingerprint density at radius 1 is 1.29 bits per heavy atom. The Labute approximate surface area is 161 Å². The predicted octanol–water partition coefficient (Wildman–Crippen LogP) is 2.65. The van der Waals surface area contributed by atoms with E-state index in [0.717, 1.165) is 28.6 Å². The Morgan fingerprint density at radius 2 is 2.18 bits per heavy atom. The molecule has 4 rings (SSSR count). The Balaban J connectivity index is 1.68. The molecule has 144 valence electrons. The number of rotatable bonds is 6. The van der Waals surface area contributed by atoms with Crippen molar-refractivity contribution in [3.05, 3.63) is 53.5 Å². The molecule has 1 amide bonds. The highest BCUT2D eigenvalue weighted by molar-refractivity contribution is 6.07. The third-order valence-electron chi connectivity index (χ3n) is 4.80. The molecule has 0 saturated carbocycles. The van der Waals surface area contributed by atoms with Gasteiger partial charge < -0.3 is 25.6 Å². The molecule has 0 fully saturated rings. The van der Waals surface area contributed by atoms with Crippen LogP contribution in [-0.4, -0.2) is 41.9 Å². The maximum atomic E-state index is 12.6. The molecule has 0 unspecified atom stereocenters. The average Bonchev–Trinajstić information content (AvgIpc) is 3.29. The van der Waals surface area contributed by atoms with Crippen LogP contribution in [0.2, 0.25) is 0 Å². The zero-order valence-corrected chi connectivity index (χ0v) is 15.5. The molecule has 0 atom stereocenters. The van der Waals surface area contributed by atoms with Crippen LogP contribution in [-0.2, 0) is 6.42 Å². The van der Waals surface area contributed by atoms with Crippen LogP contribution in [0, 0.1) is 0 Å². The number of benzene rings is 1. The summed E-state index contributed by atoms with van der Waals surface area (Å²) in [6, 6.07) is 7.65. The maximum Gasteiger partial charge on any atom is 0.289 e. The molecule has 1 aromatic carbocycles. The highest BCUT2D eigenvalue weighted by atomic mass is 16.4. The van der Waals surface area contributed by atoms with E-state index in [1.165, 1.54) is 0 Å². The zero-order valence-electron chi connectivity index (χ0n) is 15.5. The Kier molecular flexibility index (Phi) is 4.94. The first-order valence-corrected chi connectivity index (χ1v) is 9.12. The number of carbonyl (C=O) groups excluding carboxylic acids is 1. The second-order valence-electron chi connectivity index (χ2n) is 6.58. The standard InChI is InChI=1S/C20H21N5O3/c1-21-8-9-23-20(26)19-18(15-6-7-22-11-17(15)28-19)24-13-3-4-14-12(10-13)2-5-16(14)25-27/h3-4,6-7,10-11,21,24,27H,2,5,8-9H2,1H3,(H,23,26). The van der Waals surface area contributed by atoms with Crippen molar-refractivity contribution in [2.75, 3.05) is 25.5 Å². The lowest BCUT2D eigenvalue weighted by molar-refractivity contribution is 0.0930. The van der Waals surface area contributed by atoms with Gasteiger partial charge in [0.25, 0.3) is 5.91 Å². The van der Waals surface area contributed by atoms with Crippen LogP contribution in [0.1, 0.15) is 28.1 Å². The summed E-state index contributed by atoms with van der Waals surface area (Å²) in [5.74, 6) is -0.0676. The molecule has 0 radical (unpaired) electrons. The average molecular weight is 379 g/mol. The molecule has 1 aliphatic rings. The first kappa shape index (κ1) is 18.0. The van der Waals surface area contributed by atoms with Crippen LogP contribution >= 0.6 is 0 Å². The molecular formula is C20H21N5O3. The van der Waals surface area contributed by atoms with Crippen LogP contribution in [0.4, 0.5) is 11.4 Å². The molecule has 0 saturated heterocycles. The molecule has 1 aliphatic carbocycles. The molecule has 8 heteroatoms. The number of hydrogen-bond acceptors (Lipinski definition) is 7. The molecule has 2 heterocycles. The van der Waals surface area contributed by atoms with Gasteiger partial charge in [-0.3, -0.25) is 9.78 Å². The van der Waals surface area contributed by atoms with E-state index < -0.39 is 0 Å². The first-order valence-electron chi connectivity index (χ1n) is 9.12. The SMILES string of the molecule is CNCCNC(=O)c1oc2cnccc2c1Nc1ccc2c(c1)CCC2=NO. The number of anilines is 2. The fourth-order valence-electron chi connectivity index (χ4n) is 3.41. The zero-order chi connectivity index (χ0) is 19.5. The second kappa shape index (κ2) is 7.69. The summed E-state index contributed by atoms with van der Waals surface area (Å²) in [7, 11) is 1.83. The van der Waals surface area contributed by atoms with Crippen LogP contribution in [0.15, 0.2) is 46.2 Å². The van der Waals surface area contributed by atoms with Crippen LogP contribution in [0.25, 0.3) is 11.0 Å². The number of aryl methyl sites for hydroxylation is 1. The van der Waals surface area contributed by atoms with Crippen molar-refractivity contribution in [2.24, 2.45) is 5.16 Å². The van der Waals surface area contributed by atoms with Crippen molar-refractivity contribution in [3.8, 4) is 0 Å². The summed E-state index contributed by atoms with van der Waals surface area (Å²) in [5, 5.41) is 22.4. The third-order valence-corrected chi connectivity index (χ3v) is 4.80. The fraction of sp³-hybridized carbons (Fsp3) is 0.250. The largest absolute Gasteiger partial charge is 0.447 e. The highest BCUT2D eigenvalue weighted by Gasteiger charge is 2.22. The lowest BCUT2D eigenvalue weighted by atomic mass is 10.1. The molecule has 8 nitrogen and oxygen atoms in total. The van der Waals surface area contributed by atoms with Gasteiger partial charge in [-0.05, 0) is 43.7 Å². The summed E-state index contributed by atoms with van der Waals surface area (Å²) < 4.78 is 5.78. The van der Waals surface area contributed by atoms with Crippen LogP contribution in [0.5, 0.6) is 0 Å². The van der Waals surface area contributed by atoms with Gasteiger partial charge >= 0.3 is 0 Å². The van der Waals surface area contributed by atoms with Crippen molar-refractivity contribution >= 4 is 34.0 Å². The van der Waals surface area contributed by atoms with Gasteiger partial charge in [0.1, 0.15) is 0 Å². The number of carbonyl (C=O) groups is 1. The van der Waals surface area contributed by atoms with Gasteiger partial charge in [0.2, 0.25) is 5.76 Å². The van der Waals surface area contributed by atoms with E-state index in [-0.39, 0.29) is 11.7 Å². The normalized spacial score (nSPS) is 14.4. The van der Waals surface area contributed by atoms with Gasteiger partial charge in [0, 0.05) is 35.9 Å². The van der Waals surface area contributed by atoms with Crippen molar-refractivity contribution in [3.63, 3.8) is 0 Å². The van der Waals surface area contributed by atoms with Crippen molar-refractivity contribution in [2.45, 2.75) is 12.8 Å². The first-order chi connectivity index (χ1) is 13.7. The number of fused-ring (bicyclic) bond motifs is 2.